The van der Waals surface area contributed by atoms with Crippen molar-refractivity contribution in [1.82, 2.24) is 19.4 Å². The monoisotopic (exact) mass is 432 g/mol. The zero-order valence-electron chi connectivity index (χ0n) is 17.3. The van der Waals surface area contributed by atoms with Gasteiger partial charge in [-0.3, -0.25) is 4.40 Å². The van der Waals surface area contributed by atoms with Crippen LogP contribution in [0.1, 0.15) is 37.7 Å². The average molecular weight is 433 g/mol. The highest BCUT2D eigenvalue weighted by Gasteiger charge is 2.17. The van der Waals surface area contributed by atoms with Gasteiger partial charge in [0.15, 0.2) is 11.5 Å². The lowest BCUT2D eigenvalue weighted by Gasteiger charge is -2.23. The van der Waals surface area contributed by atoms with Crippen LogP contribution in [0.25, 0.3) is 17.0 Å². The summed E-state index contributed by atoms with van der Waals surface area (Å²) in [5.41, 5.74) is 3.75. The number of anilines is 2. The first-order valence-electron chi connectivity index (χ1n) is 10.8. The number of aromatic nitrogens is 4. The maximum absolute atomic E-state index is 6.09. The molecule has 3 aromatic heterocycles. The third kappa shape index (κ3) is 4.49. The van der Waals surface area contributed by atoms with E-state index in [1.54, 1.807) is 0 Å². The van der Waals surface area contributed by atoms with Crippen molar-refractivity contribution in [1.29, 1.82) is 0 Å². The summed E-state index contributed by atoms with van der Waals surface area (Å²) in [6.07, 6.45) is 11.9. The molecule has 0 amide bonds. The van der Waals surface area contributed by atoms with Gasteiger partial charge in [0.05, 0.1) is 17.6 Å². The second-order valence-corrected chi connectivity index (χ2v) is 8.42. The van der Waals surface area contributed by atoms with Gasteiger partial charge in [-0.05, 0) is 42.7 Å². The van der Waals surface area contributed by atoms with Crippen LogP contribution in [0, 0.1) is 0 Å². The van der Waals surface area contributed by atoms with Crippen LogP contribution in [0.4, 0.5) is 11.6 Å². The summed E-state index contributed by atoms with van der Waals surface area (Å²) >= 11 is 6.09. The van der Waals surface area contributed by atoms with Gasteiger partial charge in [0.1, 0.15) is 5.82 Å². The van der Waals surface area contributed by atoms with Crippen molar-refractivity contribution in [2.45, 2.75) is 44.7 Å². The minimum absolute atomic E-state index is 0.477. The van der Waals surface area contributed by atoms with Crippen LogP contribution < -0.4 is 10.6 Å². The molecule has 1 saturated carbocycles. The lowest BCUT2D eigenvalue weighted by molar-refractivity contribution is 0.462. The highest BCUT2D eigenvalue weighted by molar-refractivity contribution is 6.30. The second kappa shape index (κ2) is 8.94. The SMILES string of the molecule is Clc1cccc(CNc2cccc(-c3cnc4c(NC5CCCCC5)nccn34)n2)c1. The Hall–Kier alpha value is -3.12. The van der Waals surface area contributed by atoms with Crippen LogP contribution in [-0.2, 0) is 6.54 Å². The van der Waals surface area contributed by atoms with E-state index in [1.165, 1.54) is 32.1 Å². The zero-order valence-corrected chi connectivity index (χ0v) is 18.0. The number of imidazole rings is 1. The molecule has 158 valence electrons. The Morgan fingerprint density at radius 2 is 1.90 bits per heavy atom. The van der Waals surface area contributed by atoms with Gasteiger partial charge >= 0.3 is 0 Å². The molecule has 0 spiro atoms. The molecule has 3 heterocycles. The Morgan fingerprint density at radius 3 is 2.77 bits per heavy atom. The third-order valence-corrected chi connectivity index (χ3v) is 5.98. The van der Waals surface area contributed by atoms with Crippen LogP contribution in [-0.4, -0.2) is 25.4 Å². The van der Waals surface area contributed by atoms with Crippen molar-refractivity contribution in [3.8, 4) is 11.4 Å². The minimum atomic E-state index is 0.477. The molecule has 6 nitrogen and oxygen atoms in total. The van der Waals surface area contributed by atoms with Gasteiger partial charge < -0.3 is 10.6 Å². The Morgan fingerprint density at radius 1 is 1.03 bits per heavy atom. The van der Waals surface area contributed by atoms with Crippen molar-refractivity contribution in [2.75, 3.05) is 10.6 Å². The molecule has 4 aromatic rings. The first-order valence-corrected chi connectivity index (χ1v) is 11.2. The molecule has 1 aliphatic carbocycles. The van der Waals surface area contributed by atoms with Crippen molar-refractivity contribution in [3.63, 3.8) is 0 Å². The molecular formula is C24H25ClN6. The fourth-order valence-corrected chi connectivity index (χ4v) is 4.38. The molecular weight excluding hydrogens is 408 g/mol. The summed E-state index contributed by atoms with van der Waals surface area (Å²) in [5.74, 6) is 1.65. The highest BCUT2D eigenvalue weighted by atomic mass is 35.5. The van der Waals surface area contributed by atoms with Crippen LogP contribution >= 0.6 is 11.6 Å². The topological polar surface area (TPSA) is 67.1 Å². The summed E-state index contributed by atoms with van der Waals surface area (Å²) in [4.78, 5) is 14.0. The van der Waals surface area contributed by atoms with Gasteiger partial charge in [-0.15, -0.1) is 0 Å². The van der Waals surface area contributed by atoms with Gasteiger partial charge in [0, 0.05) is 30.0 Å². The largest absolute Gasteiger partial charge is 0.366 e. The number of hydrogen-bond acceptors (Lipinski definition) is 5. The number of nitrogens with one attached hydrogen (secondary N) is 2. The van der Waals surface area contributed by atoms with Gasteiger partial charge in [-0.1, -0.05) is 49.1 Å². The molecule has 2 N–H and O–H groups in total. The molecule has 0 radical (unpaired) electrons. The van der Waals surface area contributed by atoms with E-state index >= 15 is 0 Å². The summed E-state index contributed by atoms with van der Waals surface area (Å²) in [5, 5.41) is 7.72. The van der Waals surface area contributed by atoms with E-state index in [0.717, 1.165) is 39.3 Å². The molecule has 0 atom stereocenters. The zero-order chi connectivity index (χ0) is 21.0. The van der Waals surface area contributed by atoms with E-state index in [1.807, 2.05) is 61.1 Å². The minimum Gasteiger partial charge on any atom is -0.366 e. The van der Waals surface area contributed by atoms with Crippen molar-refractivity contribution in [3.05, 3.63) is 71.6 Å². The lowest BCUT2D eigenvalue weighted by atomic mass is 9.95. The van der Waals surface area contributed by atoms with Crippen molar-refractivity contribution >= 4 is 28.9 Å². The molecule has 0 saturated heterocycles. The van der Waals surface area contributed by atoms with Crippen LogP contribution in [0.3, 0.4) is 0 Å². The Labute approximate surface area is 186 Å². The molecule has 0 aliphatic heterocycles. The van der Waals surface area contributed by atoms with E-state index in [9.17, 15) is 0 Å². The number of nitrogens with zero attached hydrogens (tertiary/aromatic N) is 4. The Bertz CT molecular complexity index is 1180. The molecule has 1 aliphatic rings. The quantitative estimate of drug-likeness (QED) is 0.403. The normalized spacial score (nSPS) is 14.6. The summed E-state index contributed by atoms with van der Waals surface area (Å²) in [7, 11) is 0. The van der Waals surface area contributed by atoms with E-state index in [4.69, 9.17) is 16.6 Å². The fraction of sp³-hybridized carbons (Fsp3) is 0.292. The molecule has 0 unspecified atom stereocenters. The first kappa shape index (κ1) is 19.8. The molecule has 0 bridgehead atoms. The predicted molar refractivity (Wildman–Crippen MR) is 125 cm³/mol. The van der Waals surface area contributed by atoms with Crippen LogP contribution in [0.2, 0.25) is 5.02 Å². The standard InChI is InChI=1S/C24H25ClN6/c25-18-7-4-6-17(14-18)15-27-22-11-5-10-20(30-22)21-16-28-24-23(26-12-13-31(21)24)29-19-8-2-1-3-9-19/h4-7,10-14,16,19H,1-3,8-9,15H2,(H,26,29)(H,27,30). The fourth-order valence-electron chi connectivity index (χ4n) is 4.17. The van der Waals surface area contributed by atoms with E-state index in [0.29, 0.717) is 12.6 Å². The number of halogens is 1. The average Bonchev–Trinajstić information content (AvgIpc) is 3.24. The summed E-state index contributed by atoms with van der Waals surface area (Å²) in [6, 6.07) is 14.3. The van der Waals surface area contributed by atoms with Crippen molar-refractivity contribution in [2.24, 2.45) is 0 Å². The molecule has 1 fully saturated rings. The molecule has 1 aromatic carbocycles. The maximum Gasteiger partial charge on any atom is 0.180 e. The van der Waals surface area contributed by atoms with Crippen LogP contribution in [0.15, 0.2) is 61.1 Å². The number of hydrogen-bond donors (Lipinski definition) is 2. The van der Waals surface area contributed by atoms with E-state index in [-0.39, 0.29) is 0 Å². The maximum atomic E-state index is 6.09. The van der Waals surface area contributed by atoms with Gasteiger partial charge in [0.2, 0.25) is 0 Å². The number of fused-ring (bicyclic) bond motifs is 1. The van der Waals surface area contributed by atoms with Gasteiger partial charge in [-0.2, -0.15) is 0 Å². The highest BCUT2D eigenvalue weighted by Crippen LogP contribution is 2.26. The molecule has 5 rings (SSSR count). The summed E-state index contributed by atoms with van der Waals surface area (Å²) < 4.78 is 2.06. The van der Waals surface area contributed by atoms with E-state index in [2.05, 4.69) is 25.0 Å². The Kier molecular flexibility index (Phi) is 5.71. The van der Waals surface area contributed by atoms with Gasteiger partial charge in [0.25, 0.3) is 0 Å². The Balaban J connectivity index is 1.38. The summed E-state index contributed by atoms with van der Waals surface area (Å²) in [6.45, 7) is 0.656. The third-order valence-electron chi connectivity index (χ3n) is 5.75. The first-order chi connectivity index (χ1) is 15.3. The number of benzene rings is 1. The van der Waals surface area contributed by atoms with E-state index < -0.39 is 0 Å². The van der Waals surface area contributed by atoms with Gasteiger partial charge in [-0.25, -0.2) is 15.0 Å². The van der Waals surface area contributed by atoms with Crippen LogP contribution in [0.5, 0.6) is 0 Å². The number of pyridine rings is 1. The predicted octanol–water partition coefficient (Wildman–Crippen LogP) is 5.80. The molecule has 31 heavy (non-hydrogen) atoms. The van der Waals surface area contributed by atoms with Crippen molar-refractivity contribution < 1.29 is 0 Å². The molecule has 7 heteroatoms. The smallest absolute Gasteiger partial charge is 0.180 e. The second-order valence-electron chi connectivity index (χ2n) is 7.98. The lowest BCUT2D eigenvalue weighted by Crippen LogP contribution is -2.23. The number of rotatable bonds is 6.